The third-order valence-corrected chi connectivity index (χ3v) is 5.09. The molecule has 0 nitrogen and oxygen atoms in total. The highest BCUT2D eigenvalue weighted by molar-refractivity contribution is 5.21. The molecule has 0 aromatic heterocycles. The zero-order valence-electron chi connectivity index (χ0n) is 9.72. The normalized spacial score (nSPS) is 43.9. The molecular formula is C14H22. The molecule has 3 fully saturated rings. The lowest BCUT2D eigenvalue weighted by Gasteiger charge is -2.62. The first-order valence-corrected chi connectivity index (χ1v) is 5.79. The quantitative estimate of drug-likeness (QED) is 0.576. The molecule has 2 bridgehead atoms. The summed E-state index contributed by atoms with van der Waals surface area (Å²) in [5, 5.41) is 0. The third kappa shape index (κ3) is 1.12. The summed E-state index contributed by atoms with van der Waals surface area (Å²) in [4.78, 5) is 0. The molecule has 3 rings (SSSR count). The first kappa shape index (κ1) is 10.0. The minimum Gasteiger partial charge on any atom is -0.0988 e. The van der Waals surface area contributed by atoms with Gasteiger partial charge in [0.2, 0.25) is 0 Å². The second kappa shape index (κ2) is 2.98. The van der Waals surface area contributed by atoms with Crippen LogP contribution in [0.15, 0.2) is 24.8 Å². The van der Waals surface area contributed by atoms with Gasteiger partial charge in [0, 0.05) is 0 Å². The minimum absolute atomic E-state index is 0.595. The number of rotatable bonds is 2. The van der Waals surface area contributed by atoms with Crippen molar-refractivity contribution in [2.24, 2.45) is 29.1 Å². The van der Waals surface area contributed by atoms with E-state index < -0.39 is 0 Å². The maximum Gasteiger partial charge on any atom is -0.0137 e. The van der Waals surface area contributed by atoms with Gasteiger partial charge in [-0.25, -0.2) is 0 Å². The molecule has 0 unspecified atom stereocenters. The fourth-order valence-electron chi connectivity index (χ4n) is 3.79. The monoisotopic (exact) mass is 190 g/mol. The summed E-state index contributed by atoms with van der Waals surface area (Å²) in [5.74, 6) is 3.37. The Morgan fingerprint density at radius 1 is 1.36 bits per heavy atom. The van der Waals surface area contributed by atoms with E-state index in [0.717, 1.165) is 17.8 Å². The molecule has 0 aromatic rings. The standard InChI is InChI=1S/C14H22/c1-6-9(2)12-7-11-8-13(10(12)3)14(11,4)5/h6,10-13H,1-2,7-8H2,3-5H3/t10-,11+,12-,13+/m0/s1. The number of hydrogen-bond donors (Lipinski definition) is 0. The summed E-state index contributed by atoms with van der Waals surface area (Å²) >= 11 is 0. The number of hydrogen-bond acceptors (Lipinski definition) is 0. The van der Waals surface area contributed by atoms with E-state index in [1.165, 1.54) is 18.4 Å². The maximum absolute atomic E-state index is 4.13. The highest BCUT2D eigenvalue weighted by atomic mass is 14.6. The molecule has 0 spiro atoms. The first-order chi connectivity index (χ1) is 6.48. The van der Waals surface area contributed by atoms with Crippen LogP contribution in [0.5, 0.6) is 0 Å². The molecule has 3 saturated carbocycles. The van der Waals surface area contributed by atoms with Gasteiger partial charge in [-0.15, -0.1) is 0 Å². The zero-order valence-corrected chi connectivity index (χ0v) is 9.72. The van der Waals surface area contributed by atoms with Gasteiger partial charge in [-0.2, -0.15) is 0 Å². The van der Waals surface area contributed by atoms with Gasteiger partial charge in [-0.05, 0) is 41.9 Å². The predicted molar refractivity (Wildman–Crippen MR) is 62.0 cm³/mol. The lowest BCUT2D eigenvalue weighted by atomic mass is 9.43. The number of fused-ring (bicyclic) bond motifs is 2. The van der Waals surface area contributed by atoms with E-state index in [1.54, 1.807) is 0 Å². The van der Waals surface area contributed by atoms with Gasteiger partial charge in [-0.1, -0.05) is 45.6 Å². The molecule has 4 atom stereocenters. The van der Waals surface area contributed by atoms with Crippen molar-refractivity contribution < 1.29 is 0 Å². The Morgan fingerprint density at radius 2 is 2.00 bits per heavy atom. The van der Waals surface area contributed by atoms with Crippen LogP contribution in [0.2, 0.25) is 0 Å². The van der Waals surface area contributed by atoms with Gasteiger partial charge >= 0.3 is 0 Å². The van der Waals surface area contributed by atoms with Gasteiger partial charge in [0.1, 0.15) is 0 Å². The highest BCUT2D eigenvalue weighted by Gasteiger charge is 2.56. The smallest absolute Gasteiger partial charge is 0.0137 e. The fourth-order valence-corrected chi connectivity index (χ4v) is 3.79. The van der Waals surface area contributed by atoms with E-state index in [1.807, 2.05) is 6.08 Å². The Hall–Kier alpha value is -0.520. The van der Waals surface area contributed by atoms with Crippen molar-refractivity contribution in [1.29, 1.82) is 0 Å². The van der Waals surface area contributed by atoms with E-state index in [-0.39, 0.29) is 0 Å². The van der Waals surface area contributed by atoms with Crippen molar-refractivity contribution in [2.75, 3.05) is 0 Å². The topological polar surface area (TPSA) is 0 Å². The largest absolute Gasteiger partial charge is 0.0988 e. The van der Waals surface area contributed by atoms with Crippen LogP contribution in [0, 0.1) is 29.1 Å². The fraction of sp³-hybridized carbons (Fsp3) is 0.714. The minimum atomic E-state index is 0.595. The van der Waals surface area contributed by atoms with Crippen LogP contribution < -0.4 is 0 Å². The average molecular weight is 190 g/mol. The Balaban J connectivity index is 2.16. The first-order valence-electron chi connectivity index (χ1n) is 5.79. The molecule has 0 aromatic carbocycles. The van der Waals surface area contributed by atoms with Crippen molar-refractivity contribution in [3.63, 3.8) is 0 Å². The van der Waals surface area contributed by atoms with Crippen LogP contribution in [-0.2, 0) is 0 Å². The molecule has 14 heavy (non-hydrogen) atoms. The average Bonchev–Trinajstić information content (AvgIpc) is 2.16. The van der Waals surface area contributed by atoms with Crippen LogP contribution in [0.3, 0.4) is 0 Å². The molecule has 0 saturated heterocycles. The summed E-state index contributed by atoms with van der Waals surface area (Å²) in [5.41, 5.74) is 1.86. The molecule has 0 N–H and O–H groups in total. The molecule has 0 aliphatic heterocycles. The zero-order chi connectivity index (χ0) is 10.5. The molecule has 78 valence electrons. The summed E-state index contributed by atoms with van der Waals surface area (Å²) in [7, 11) is 0. The summed E-state index contributed by atoms with van der Waals surface area (Å²) in [6, 6.07) is 0. The van der Waals surface area contributed by atoms with Gasteiger partial charge in [-0.3, -0.25) is 0 Å². The van der Waals surface area contributed by atoms with Gasteiger partial charge in [0.25, 0.3) is 0 Å². The van der Waals surface area contributed by atoms with E-state index in [2.05, 4.69) is 33.9 Å². The summed E-state index contributed by atoms with van der Waals surface area (Å²) in [6.45, 7) is 15.3. The van der Waals surface area contributed by atoms with Crippen LogP contribution >= 0.6 is 0 Å². The molecule has 0 radical (unpaired) electrons. The van der Waals surface area contributed by atoms with Crippen LogP contribution in [-0.4, -0.2) is 0 Å². The Kier molecular flexibility index (Phi) is 2.13. The van der Waals surface area contributed by atoms with E-state index in [0.29, 0.717) is 11.3 Å². The maximum atomic E-state index is 4.13. The lowest BCUT2D eigenvalue weighted by molar-refractivity contribution is -0.119. The van der Waals surface area contributed by atoms with E-state index >= 15 is 0 Å². The van der Waals surface area contributed by atoms with Crippen molar-refractivity contribution in [3.05, 3.63) is 24.8 Å². The van der Waals surface area contributed by atoms with Gasteiger partial charge in [0.05, 0.1) is 0 Å². The highest BCUT2D eigenvalue weighted by Crippen LogP contribution is 2.63. The van der Waals surface area contributed by atoms with Crippen LogP contribution in [0.25, 0.3) is 0 Å². The SMILES string of the molecule is C=CC(=C)[C@@H]1C[C@@H]2C[C@H]([C@H]1C)C2(C)C. The molecule has 0 heterocycles. The van der Waals surface area contributed by atoms with Crippen molar-refractivity contribution in [3.8, 4) is 0 Å². The van der Waals surface area contributed by atoms with Crippen molar-refractivity contribution >= 4 is 0 Å². The predicted octanol–water partition coefficient (Wildman–Crippen LogP) is 4.05. The molecule has 3 aliphatic carbocycles. The molecule has 0 heteroatoms. The van der Waals surface area contributed by atoms with Crippen LogP contribution in [0.1, 0.15) is 33.6 Å². The Labute approximate surface area is 88.1 Å². The third-order valence-electron chi connectivity index (χ3n) is 5.09. The van der Waals surface area contributed by atoms with Gasteiger partial charge in [0.15, 0.2) is 0 Å². The second-order valence-corrected chi connectivity index (χ2v) is 5.84. The van der Waals surface area contributed by atoms with E-state index in [9.17, 15) is 0 Å². The molecular weight excluding hydrogens is 168 g/mol. The molecule has 3 aliphatic rings. The lowest BCUT2D eigenvalue weighted by Crippen LogP contribution is -2.55. The van der Waals surface area contributed by atoms with Gasteiger partial charge < -0.3 is 0 Å². The summed E-state index contributed by atoms with van der Waals surface area (Å²) in [6.07, 6.45) is 4.75. The van der Waals surface area contributed by atoms with Crippen molar-refractivity contribution in [1.82, 2.24) is 0 Å². The second-order valence-electron chi connectivity index (χ2n) is 5.84. The van der Waals surface area contributed by atoms with Crippen LogP contribution in [0.4, 0.5) is 0 Å². The number of allylic oxidation sites excluding steroid dienone is 2. The molecule has 0 amide bonds. The Morgan fingerprint density at radius 3 is 2.43 bits per heavy atom. The van der Waals surface area contributed by atoms with E-state index in [4.69, 9.17) is 0 Å². The Bertz CT molecular complexity index is 272. The summed E-state index contributed by atoms with van der Waals surface area (Å²) < 4.78 is 0. The van der Waals surface area contributed by atoms with Crippen molar-refractivity contribution in [2.45, 2.75) is 33.6 Å².